The molecule has 3 aromatic rings. The number of carbonyl (C=O) groups is 1. The van der Waals surface area contributed by atoms with E-state index in [4.69, 9.17) is 0 Å². The molecule has 0 saturated carbocycles. The van der Waals surface area contributed by atoms with E-state index < -0.39 is 9.84 Å². The Morgan fingerprint density at radius 3 is 2.60 bits per heavy atom. The molecular formula is C23H24N2O3S2. The first kappa shape index (κ1) is 20.9. The Morgan fingerprint density at radius 2 is 1.87 bits per heavy atom. The second-order valence-corrected chi connectivity index (χ2v) is 10.9. The number of benzene rings is 2. The topological polar surface area (TPSA) is 67.3 Å². The number of aromatic nitrogens is 1. The summed E-state index contributed by atoms with van der Waals surface area (Å²) in [6.45, 7) is 2.46. The van der Waals surface area contributed by atoms with Crippen LogP contribution in [0.25, 0.3) is 10.9 Å². The van der Waals surface area contributed by atoms with Crippen LogP contribution in [0.5, 0.6) is 0 Å². The summed E-state index contributed by atoms with van der Waals surface area (Å²) in [7, 11) is -3.08. The number of para-hydroxylation sites is 1. The van der Waals surface area contributed by atoms with E-state index in [1.165, 1.54) is 11.8 Å². The minimum Gasteiger partial charge on any atom is -0.334 e. The lowest BCUT2D eigenvalue weighted by molar-refractivity contribution is -0.130. The zero-order valence-electron chi connectivity index (χ0n) is 16.8. The fraction of sp³-hybridized carbons (Fsp3) is 0.304. The third-order valence-electron chi connectivity index (χ3n) is 5.41. The molecule has 1 aliphatic rings. The van der Waals surface area contributed by atoms with Gasteiger partial charge < -0.3 is 4.90 Å². The SMILES string of the molecule is Cc1cc(SCC(=O)N(Cc2ccccc2)C2CCS(=O)(=O)C2)nc2ccccc12. The van der Waals surface area contributed by atoms with E-state index in [9.17, 15) is 13.2 Å². The van der Waals surface area contributed by atoms with Gasteiger partial charge in [-0.2, -0.15) is 0 Å². The molecule has 1 aliphatic heterocycles. The predicted octanol–water partition coefficient (Wildman–Crippen LogP) is 3.85. The van der Waals surface area contributed by atoms with Gasteiger partial charge in [0, 0.05) is 18.0 Å². The van der Waals surface area contributed by atoms with Crippen LogP contribution in [0, 0.1) is 6.92 Å². The number of amides is 1. The minimum absolute atomic E-state index is 0.0452. The summed E-state index contributed by atoms with van der Waals surface area (Å²) in [5.74, 6) is 0.366. The van der Waals surface area contributed by atoms with Crippen LogP contribution >= 0.6 is 11.8 Å². The van der Waals surface area contributed by atoms with E-state index in [0.717, 1.165) is 27.1 Å². The van der Waals surface area contributed by atoms with Gasteiger partial charge in [-0.15, -0.1) is 0 Å². The number of pyridine rings is 1. The molecule has 5 nitrogen and oxygen atoms in total. The quantitative estimate of drug-likeness (QED) is 0.545. The van der Waals surface area contributed by atoms with Crippen molar-refractivity contribution in [1.82, 2.24) is 9.88 Å². The predicted molar refractivity (Wildman–Crippen MR) is 121 cm³/mol. The van der Waals surface area contributed by atoms with Crippen LogP contribution in [0.15, 0.2) is 65.7 Å². The lowest BCUT2D eigenvalue weighted by atomic mass is 10.1. The number of fused-ring (bicyclic) bond motifs is 1. The Kier molecular flexibility index (Phi) is 6.11. The van der Waals surface area contributed by atoms with Crippen molar-refractivity contribution in [2.75, 3.05) is 17.3 Å². The van der Waals surface area contributed by atoms with Gasteiger partial charge in [-0.25, -0.2) is 13.4 Å². The van der Waals surface area contributed by atoms with Gasteiger partial charge in [-0.1, -0.05) is 60.3 Å². The minimum atomic E-state index is -3.08. The normalized spacial score (nSPS) is 17.8. The summed E-state index contributed by atoms with van der Waals surface area (Å²) >= 11 is 1.40. The fourth-order valence-electron chi connectivity index (χ4n) is 3.83. The van der Waals surface area contributed by atoms with Crippen molar-refractivity contribution in [2.45, 2.75) is 31.0 Å². The number of nitrogens with zero attached hydrogens (tertiary/aromatic N) is 2. The molecule has 4 rings (SSSR count). The molecule has 7 heteroatoms. The molecule has 0 radical (unpaired) electrons. The Bertz CT molecular complexity index is 1160. The number of aryl methyl sites for hydroxylation is 1. The van der Waals surface area contributed by atoms with Crippen LogP contribution in [-0.4, -0.2) is 47.5 Å². The molecule has 0 bridgehead atoms. The van der Waals surface area contributed by atoms with E-state index >= 15 is 0 Å². The third kappa shape index (κ3) is 4.84. The molecule has 0 N–H and O–H groups in total. The van der Waals surface area contributed by atoms with Crippen LogP contribution in [0.3, 0.4) is 0 Å². The molecule has 1 fully saturated rings. The number of thioether (sulfide) groups is 1. The summed E-state index contributed by atoms with van der Waals surface area (Å²) in [4.78, 5) is 19.6. The van der Waals surface area contributed by atoms with Crippen molar-refractivity contribution >= 4 is 38.4 Å². The average Bonchev–Trinajstić information content (AvgIpc) is 3.10. The van der Waals surface area contributed by atoms with Crippen LogP contribution in [0.4, 0.5) is 0 Å². The molecule has 1 amide bonds. The van der Waals surface area contributed by atoms with E-state index in [0.29, 0.717) is 13.0 Å². The highest BCUT2D eigenvalue weighted by molar-refractivity contribution is 7.99. The van der Waals surface area contributed by atoms with E-state index in [-0.39, 0.29) is 29.2 Å². The number of carbonyl (C=O) groups excluding carboxylic acids is 1. The average molecular weight is 441 g/mol. The molecule has 2 aromatic carbocycles. The molecule has 1 atom stereocenters. The second-order valence-electron chi connectivity index (χ2n) is 7.65. The lowest BCUT2D eigenvalue weighted by Gasteiger charge is -2.28. The molecule has 0 spiro atoms. The van der Waals surface area contributed by atoms with E-state index in [2.05, 4.69) is 4.98 Å². The summed E-state index contributed by atoms with van der Waals surface area (Å²) in [5, 5.41) is 1.91. The van der Waals surface area contributed by atoms with E-state index in [1.807, 2.05) is 67.6 Å². The first-order chi connectivity index (χ1) is 14.4. The molecule has 156 valence electrons. The number of sulfone groups is 1. The van der Waals surface area contributed by atoms with Crippen molar-refractivity contribution in [1.29, 1.82) is 0 Å². The van der Waals surface area contributed by atoms with Gasteiger partial charge in [0.1, 0.15) is 0 Å². The first-order valence-electron chi connectivity index (χ1n) is 9.94. The van der Waals surface area contributed by atoms with Crippen molar-refractivity contribution < 1.29 is 13.2 Å². The zero-order chi connectivity index (χ0) is 21.1. The van der Waals surface area contributed by atoms with Gasteiger partial charge in [-0.3, -0.25) is 4.79 Å². The summed E-state index contributed by atoms with van der Waals surface area (Å²) in [6.07, 6.45) is 0.499. The molecule has 30 heavy (non-hydrogen) atoms. The highest BCUT2D eigenvalue weighted by atomic mass is 32.2. The molecule has 1 aromatic heterocycles. The van der Waals surface area contributed by atoms with Gasteiger partial charge in [0.2, 0.25) is 5.91 Å². The van der Waals surface area contributed by atoms with Crippen LogP contribution in [0.2, 0.25) is 0 Å². The van der Waals surface area contributed by atoms with Crippen LogP contribution in [-0.2, 0) is 21.2 Å². The number of rotatable bonds is 6. The Balaban J connectivity index is 1.51. The van der Waals surface area contributed by atoms with Crippen molar-refractivity contribution in [2.24, 2.45) is 0 Å². The van der Waals surface area contributed by atoms with Crippen molar-refractivity contribution in [3.63, 3.8) is 0 Å². The molecule has 2 heterocycles. The Labute approximate surface area is 181 Å². The third-order valence-corrected chi connectivity index (χ3v) is 8.05. The Hall–Kier alpha value is -2.38. The summed E-state index contributed by atoms with van der Waals surface area (Å²) in [5.41, 5.74) is 3.04. The molecule has 1 unspecified atom stereocenters. The monoisotopic (exact) mass is 440 g/mol. The van der Waals surface area contributed by atoms with Gasteiger partial charge in [0.25, 0.3) is 0 Å². The molecule has 1 saturated heterocycles. The summed E-state index contributed by atoms with van der Waals surface area (Å²) < 4.78 is 24.0. The van der Waals surface area contributed by atoms with Gasteiger partial charge in [0.15, 0.2) is 9.84 Å². The maximum absolute atomic E-state index is 13.1. The Morgan fingerprint density at radius 1 is 1.13 bits per heavy atom. The van der Waals surface area contributed by atoms with Gasteiger partial charge in [0.05, 0.1) is 27.8 Å². The summed E-state index contributed by atoms with van der Waals surface area (Å²) in [6, 6.07) is 19.4. The maximum Gasteiger partial charge on any atom is 0.233 e. The molecular weight excluding hydrogens is 416 g/mol. The smallest absolute Gasteiger partial charge is 0.233 e. The van der Waals surface area contributed by atoms with Crippen molar-refractivity contribution in [3.8, 4) is 0 Å². The van der Waals surface area contributed by atoms with Crippen molar-refractivity contribution in [3.05, 3.63) is 71.8 Å². The maximum atomic E-state index is 13.1. The van der Waals surface area contributed by atoms with E-state index in [1.54, 1.807) is 4.90 Å². The first-order valence-corrected chi connectivity index (χ1v) is 12.7. The lowest BCUT2D eigenvalue weighted by Crippen LogP contribution is -2.41. The van der Waals surface area contributed by atoms with Crippen LogP contribution in [0.1, 0.15) is 17.5 Å². The largest absolute Gasteiger partial charge is 0.334 e. The molecule has 0 aliphatic carbocycles. The highest BCUT2D eigenvalue weighted by Gasteiger charge is 2.34. The standard InChI is InChI=1S/C23H24N2O3S2/c1-17-13-22(24-21-10-6-5-9-20(17)21)29-15-23(26)25(14-18-7-3-2-4-8-18)19-11-12-30(27,28)16-19/h2-10,13,19H,11-12,14-16H2,1H3. The van der Waals surface area contributed by atoms with Crippen LogP contribution < -0.4 is 0 Å². The van der Waals surface area contributed by atoms with Gasteiger partial charge >= 0.3 is 0 Å². The highest BCUT2D eigenvalue weighted by Crippen LogP contribution is 2.26. The second kappa shape index (κ2) is 8.78. The number of hydrogen-bond acceptors (Lipinski definition) is 5. The fourth-order valence-corrected chi connectivity index (χ4v) is 6.42. The zero-order valence-corrected chi connectivity index (χ0v) is 18.5. The van der Waals surface area contributed by atoms with Gasteiger partial charge in [-0.05, 0) is 36.6 Å². The number of hydrogen-bond donors (Lipinski definition) is 0.